The molecule has 0 aliphatic carbocycles. The Morgan fingerprint density at radius 2 is 2.12 bits per heavy atom. The molecule has 0 aromatic rings. The predicted molar refractivity (Wildman–Crippen MR) is 37.4 cm³/mol. The first kappa shape index (κ1) is 7.15. The molecule has 8 heavy (non-hydrogen) atoms. The van der Waals surface area contributed by atoms with Crippen LogP contribution in [0.4, 0.5) is 0 Å². The van der Waals surface area contributed by atoms with Gasteiger partial charge in [0.05, 0.1) is 0 Å². The lowest BCUT2D eigenvalue weighted by Crippen LogP contribution is -1.66. The highest BCUT2D eigenvalue weighted by molar-refractivity contribution is 5.69. The minimum absolute atomic E-state index is 1.11. The van der Waals surface area contributed by atoms with Crippen LogP contribution in [0.1, 0.15) is 13.8 Å². The lowest BCUT2D eigenvalue weighted by molar-refractivity contribution is 1.50. The maximum Gasteiger partial charge on any atom is 0.0180 e. The summed E-state index contributed by atoms with van der Waals surface area (Å²) >= 11 is 0. The first-order chi connectivity index (χ1) is 3.81. The van der Waals surface area contributed by atoms with E-state index in [0.717, 1.165) is 5.57 Å². The van der Waals surface area contributed by atoms with Crippen molar-refractivity contribution in [3.05, 3.63) is 23.8 Å². The van der Waals surface area contributed by atoms with E-state index in [1.54, 1.807) is 6.08 Å². The molecule has 0 saturated carbocycles. The molecule has 0 amide bonds. The summed E-state index contributed by atoms with van der Waals surface area (Å²) in [6.07, 6.45) is 6.95. The fourth-order valence-corrected chi connectivity index (χ4v) is 0.450. The van der Waals surface area contributed by atoms with Crippen molar-refractivity contribution in [2.24, 2.45) is 0 Å². The smallest absolute Gasteiger partial charge is 0.0180 e. The standard InChI is InChI=1S/C7H11N/c1-3-4-7(2)5-6-8/h3-6,8H,1-2H3. The monoisotopic (exact) mass is 109 g/mol. The van der Waals surface area contributed by atoms with Crippen molar-refractivity contribution in [3.63, 3.8) is 0 Å². The van der Waals surface area contributed by atoms with Gasteiger partial charge in [0, 0.05) is 6.21 Å². The lowest BCUT2D eigenvalue weighted by Gasteiger charge is -1.82. The van der Waals surface area contributed by atoms with Gasteiger partial charge >= 0.3 is 0 Å². The fraction of sp³-hybridized carbons (Fsp3) is 0.286. The molecule has 0 aromatic carbocycles. The van der Waals surface area contributed by atoms with Crippen molar-refractivity contribution < 1.29 is 0 Å². The highest BCUT2D eigenvalue weighted by Gasteiger charge is 1.72. The van der Waals surface area contributed by atoms with E-state index in [4.69, 9.17) is 5.41 Å². The van der Waals surface area contributed by atoms with Crippen LogP contribution in [0, 0.1) is 5.41 Å². The van der Waals surface area contributed by atoms with Gasteiger partial charge < -0.3 is 5.41 Å². The normalized spacial score (nSPS) is 12.5. The predicted octanol–water partition coefficient (Wildman–Crippen LogP) is 2.16. The molecule has 0 saturated heterocycles. The van der Waals surface area contributed by atoms with Crippen LogP contribution in [0.3, 0.4) is 0 Å². The Bertz CT molecular complexity index is 120. The van der Waals surface area contributed by atoms with E-state index < -0.39 is 0 Å². The second-order valence-corrected chi connectivity index (χ2v) is 1.58. The average Bonchev–Trinajstić information content (AvgIpc) is 1.68. The van der Waals surface area contributed by atoms with Gasteiger partial charge in [-0.15, -0.1) is 0 Å². The van der Waals surface area contributed by atoms with Crippen molar-refractivity contribution >= 4 is 6.21 Å². The molecule has 0 unspecified atom stereocenters. The SMILES string of the molecule is CC=CC(C)=CC=N. The molecule has 0 spiro atoms. The summed E-state index contributed by atoms with van der Waals surface area (Å²) in [5.74, 6) is 0. The molecule has 0 fully saturated rings. The zero-order valence-corrected chi connectivity index (χ0v) is 5.31. The van der Waals surface area contributed by atoms with Gasteiger partial charge in [-0.05, 0) is 25.5 Å². The number of hydrogen-bond donors (Lipinski definition) is 1. The Morgan fingerprint density at radius 1 is 1.50 bits per heavy atom. The van der Waals surface area contributed by atoms with Gasteiger partial charge in [0.2, 0.25) is 0 Å². The van der Waals surface area contributed by atoms with E-state index in [2.05, 4.69) is 0 Å². The van der Waals surface area contributed by atoms with E-state index >= 15 is 0 Å². The Balaban J connectivity index is 3.79. The third-order valence-corrected chi connectivity index (χ3v) is 0.776. The first-order valence-electron chi connectivity index (χ1n) is 2.61. The second-order valence-electron chi connectivity index (χ2n) is 1.58. The molecule has 0 bridgehead atoms. The van der Waals surface area contributed by atoms with Crippen molar-refractivity contribution in [2.45, 2.75) is 13.8 Å². The molecular weight excluding hydrogens is 98.1 g/mol. The molecular formula is C7H11N. The third kappa shape index (κ3) is 3.34. The molecule has 0 radical (unpaired) electrons. The van der Waals surface area contributed by atoms with Crippen molar-refractivity contribution in [3.8, 4) is 0 Å². The van der Waals surface area contributed by atoms with Crippen LogP contribution < -0.4 is 0 Å². The van der Waals surface area contributed by atoms with Crippen LogP contribution in [0.2, 0.25) is 0 Å². The highest BCUT2D eigenvalue weighted by Crippen LogP contribution is 1.90. The summed E-state index contributed by atoms with van der Waals surface area (Å²) in [5, 5.41) is 6.68. The molecule has 44 valence electrons. The largest absolute Gasteiger partial charge is 0.309 e. The third-order valence-electron chi connectivity index (χ3n) is 0.776. The van der Waals surface area contributed by atoms with E-state index in [-0.39, 0.29) is 0 Å². The maximum atomic E-state index is 6.68. The Kier molecular flexibility index (Phi) is 3.85. The van der Waals surface area contributed by atoms with Gasteiger partial charge in [0.15, 0.2) is 0 Å². The zero-order valence-electron chi connectivity index (χ0n) is 5.31. The summed E-state index contributed by atoms with van der Waals surface area (Å²) < 4.78 is 0. The van der Waals surface area contributed by atoms with Gasteiger partial charge in [0.1, 0.15) is 0 Å². The highest BCUT2D eigenvalue weighted by atomic mass is 14.3. The van der Waals surface area contributed by atoms with Crippen LogP contribution in [0.25, 0.3) is 0 Å². The van der Waals surface area contributed by atoms with Gasteiger partial charge in [0.25, 0.3) is 0 Å². The topological polar surface area (TPSA) is 23.9 Å². The lowest BCUT2D eigenvalue weighted by atomic mass is 10.3. The number of allylic oxidation sites excluding steroid dienone is 4. The van der Waals surface area contributed by atoms with Crippen LogP contribution in [-0.4, -0.2) is 6.21 Å². The Morgan fingerprint density at radius 3 is 2.50 bits per heavy atom. The summed E-state index contributed by atoms with van der Waals surface area (Å²) in [4.78, 5) is 0. The molecule has 1 nitrogen and oxygen atoms in total. The molecule has 1 N–H and O–H groups in total. The number of hydrogen-bond acceptors (Lipinski definition) is 1. The van der Waals surface area contributed by atoms with Crippen LogP contribution in [0.15, 0.2) is 23.8 Å². The maximum absolute atomic E-state index is 6.68. The average molecular weight is 109 g/mol. The van der Waals surface area contributed by atoms with Crippen molar-refractivity contribution in [2.75, 3.05) is 0 Å². The first-order valence-corrected chi connectivity index (χ1v) is 2.61. The van der Waals surface area contributed by atoms with Crippen LogP contribution in [0.5, 0.6) is 0 Å². The van der Waals surface area contributed by atoms with E-state index in [1.807, 2.05) is 26.0 Å². The van der Waals surface area contributed by atoms with Crippen LogP contribution in [-0.2, 0) is 0 Å². The zero-order chi connectivity index (χ0) is 6.41. The summed E-state index contributed by atoms with van der Waals surface area (Å²) in [7, 11) is 0. The summed E-state index contributed by atoms with van der Waals surface area (Å²) in [5.41, 5.74) is 1.11. The summed E-state index contributed by atoms with van der Waals surface area (Å²) in [6, 6.07) is 0. The molecule has 0 aliphatic heterocycles. The Labute approximate surface area is 50.2 Å². The molecule has 1 heteroatoms. The van der Waals surface area contributed by atoms with E-state index in [0.29, 0.717) is 0 Å². The van der Waals surface area contributed by atoms with Crippen molar-refractivity contribution in [1.82, 2.24) is 0 Å². The van der Waals surface area contributed by atoms with Gasteiger partial charge in [-0.2, -0.15) is 0 Å². The quantitative estimate of drug-likeness (QED) is 0.415. The van der Waals surface area contributed by atoms with Crippen molar-refractivity contribution in [1.29, 1.82) is 5.41 Å². The minimum Gasteiger partial charge on any atom is -0.309 e. The molecule has 0 aromatic heterocycles. The van der Waals surface area contributed by atoms with E-state index in [9.17, 15) is 0 Å². The molecule has 0 heterocycles. The minimum atomic E-state index is 1.11. The second kappa shape index (κ2) is 4.31. The van der Waals surface area contributed by atoms with E-state index in [1.165, 1.54) is 6.21 Å². The molecule has 0 rings (SSSR count). The van der Waals surface area contributed by atoms with Crippen LogP contribution >= 0.6 is 0 Å². The molecule has 0 atom stereocenters. The van der Waals surface area contributed by atoms with Gasteiger partial charge in [-0.3, -0.25) is 0 Å². The Hall–Kier alpha value is -0.850. The molecule has 0 aliphatic rings. The van der Waals surface area contributed by atoms with Gasteiger partial charge in [-0.25, -0.2) is 0 Å². The summed E-state index contributed by atoms with van der Waals surface area (Å²) in [6.45, 7) is 3.92. The fourth-order valence-electron chi connectivity index (χ4n) is 0.450. The number of nitrogens with one attached hydrogen (secondary N) is 1. The van der Waals surface area contributed by atoms with Gasteiger partial charge in [-0.1, -0.05) is 12.2 Å². The number of rotatable bonds is 2.